The Bertz CT molecular complexity index is 1130. The molecule has 30 heavy (non-hydrogen) atoms. The van der Waals surface area contributed by atoms with Crippen LogP contribution in [0.5, 0.6) is 0 Å². The van der Waals surface area contributed by atoms with E-state index in [0.717, 1.165) is 22.1 Å². The predicted octanol–water partition coefficient (Wildman–Crippen LogP) is 3.72. The lowest BCUT2D eigenvalue weighted by molar-refractivity contribution is 0.383. The van der Waals surface area contributed by atoms with Crippen LogP contribution in [0.25, 0.3) is 0 Å². The van der Waals surface area contributed by atoms with Crippen LogP contribution in [-0.2, 0) is 10.0 Å². The Morgan fingerprint density at radius 3 is 2.27 bits per heavy atom. The average molecular weight is 444 g/mol. The molecular formula is C21H25N5O2S2. The summed E-state index contributed by atoms with van der Waals surface area (Å²) in [5, 5.41) is 3.33. The Morgan fingerprint density at radius 1 is 0.933 bits per heavy atom. The van der Waals surface area contributed by atoms with E-state index in [4.69, 9.17) is 0 Å². The fourth-order valence-electron chi connectivity index (χ4n) is 3.35. The summed E-state index contributed by atoms with van der Waals surface area (Å²) >= 11 is 1.31. The van der Waals surface area contributed by atoms with Crippen molar-refractivity contribution in [2.45, 2.75) is 25.0 Å². The fraction of sp³-hybridized carbons (Fsp3) is 0.333. The maximum absolute atomic E-state index is 12.9. The van der Waals surface area contributed by atoms with Crippen molar-refractivity contribution in [3.63, 3.8) is 0 Å². The molecule has 0 spiro atoms. The molecule has 0 amide bonds. The summed E-state index contributed by atoms with van der Waals surface area (Å²) in [6.07, 6.45) is 0. The topological polar surface area (TPSA) is 78.4 Å². The largest absolute Gasteiger partial charge is 0.340 e. The van der Waals surface area contributed by atoms with Crippen LogP contribution in [0.15, 0.2) is 46.7 Å². The number of benzene rings is 1. The van der Waals surface area contributed by atoms with Crippen LogP contribution in [0.3, 0.4) is 0 Å². The second-order valence-electron chi connectivity index (χ2n) is 7.44. The van der Waals surface area contributed by atoms with Gasteiger partial charge in [0.05, 0.1) is 0 Å². The highest BCUT2D eigenvalue weighted by molar-refractivity contribution is 7.91. The summed E-state index contributed by atoms with van der Waals surface area (Å²) in [5.74, 6) is 1.35. The van der Waals surface area contributed by atoms with Crippen LogP contribution in [0, 0.1) is 20.8 Å². The van der Waals surface area contributed by atoms with Crippen molar-refractivity contribution >= 4 is 38.8 Å². The Labute approximate surface area is 181 Å². The smallest absolute Gasteiger partial charge is 0.252 e. The molecule has 3 aromatic rings. The van der Waals surface area contributed by atoms with Gasteiger partial charge in [-0.1, -0.05) is 17.7 Å². The second kappa shape index (κ2) is 8.33. The maximum Gasteiger partial charge on any atom is 0.252 e. The first-order chi connectivity index (χ1) is 14.3. The van der Waals surface area contributed by atoms with E-state index in [9.17, 15) is 8.42 Å². The SMILES string of the molecule is Cc1ccc(Nc2cc(C)nc(N3CCN(S(=O)(=O)c4ccc(C)s4)CC3)n2)cc1. The highest BCUT2D eigenvalue weighted by Crippen LogP contribution is 2.26. The number of rotatable bonds is 5. The number of piperazine rings is 1. The molecule has 3 heterocycles. The standard InChI is InChI=1S/C21H25N5O2S2/c1-15-4-7-18(8-5-15)23-19-14-16(2)22-21(24-19)25-10-12-26(13-11-25)30(27,28)20-9-6-17(3)29-20/h4-9,14H,10-13H2,1-3H3,(H,22,23,24). The molecule has 0 unspecified atom stereocenters. The Kier molecular flexibility index (Phi) is 5.77. The Hall–Kier alpha value is -2.49. The molecule has 9 heteroatoms. The van der Waals surface area contributed by atoms with Crippen LogP contribution >= 0.6 is 11.3 Å². The molecule has 1 aliphatic heterocycles. The van der Waals surface area contributed by atoms with Crippen molar-refractivity contribution < 1.29 is 8.42 Å². The minimum atomic E-state index is -3.44. The fourth-order valence-corrected chi connectivity index (χ4v) is 6.21. The Morgan fingerprint density at radius 2 is 1.63 bits per heavy atom. The van der Waals surface area contributed by atoms with Crippen LogP contribution in [0.4, 0.5) is 17.5 Å². The number of thiophene rings is 1. The van der Waals surface area contributed by atoms with Gasteiger partial charge in [0.25, 0.3) is 10.0 Å². The van der Waals surface area contributed by atoms with Crippen molar-refractivity contribution in [2.24, 2.45) is 0 Å². The highest BCUT2D eigenvalue weighted by atomic mass is 32.2. The molecule has 2 aromatic heterocycles. The van der Waals surface area contributed by atoms with Crippen LogP contribution in [0.1, 0.15) is 16.1 Å². The van der Waals surface area contributed by atoms with Crippen molar-refractivity contribution in [3.8, 4) is 0 Å². The zero-order valence-electron chi connectivity index (χ0n) is 17.3. The number of anilines is 3. The minimum absolute atomic E-state index is 0.407. The molecule has 0 aliphatic carbocycles. The molecule has 1 fully saturated rings. The summed E-state index contributed by atoms with van der Waals surface area (Å²) in [6, 6.07) is 13.6. The number of nitrogens with zero attached hydrogens (tertiary/aromatic N) is 4. The first-order valence-electron chi connectivity index (χ1n) is 9.82. The lowest BCUT2D eigenvalue weighted by atomic mass is 10.2. The monoisotopic (exact) mass is 443 g/mol. The van der Waals surface area contributed by atoms with E-state index in [-0.39, 0.29) is 0 Å². The van der Waals surface area contributed by atoms with Gasteiger partial charge in [-0.2, -0.15) is 9.29 Å². The van der Waals surface area contributed by atoms with E-state index in [1.807, 2.05) is 55.1 Å². The van der Waals surface area contributed by atoms with E-state index in [1.54, 1.807) is 10.4 Å². The van der Waals surface area contributed by atoms with Gasteiger partial charge in [0.2, 0.25) is 5.95 Å². The number of aromatic nitrogens is 2. The van der Waals surface area contributed by atoms with Crippen molar-refractivity contribution in [1.29, 1.82) is 0 Å². The molecule has 0 atom stereocenters. The average Bonchev–Trinajstić information content (AvgIpc) is 3.17. The molecule has 158 valence electrons. The van der Waals surface area contributed by atoms with E-state index in [2.05, 4.69) is 22.2 Å². The Balaban J connectivity index is 1.47. The second-order valence-corrected chi connectivity index (χ2v) is 10.9. The van der Waals surface area contributed by atoms with E-state index in [0.29, 0.717) is 36.3 Å². The highest BCUT2D eigenvalue weighted by Gasteiger charge is 2.30. The minimum Gasteiger partial charge on any atom is -0.340 e. The van der Waals surface area contributed by atoms with E-state index in [1.165, 1.54) is 16.9 Å². The maximum atomic E-state index is 12.9. The predicted molar refractivity (Wildman–Crippen MR) is 121 cm³/mol. The molecule has 1 saturated heterocycles. The summed E-state index contributed by atoms with van der Waals surface area (Å²) in [4.78, 5) is 12.3. The number of aryl methyl sites for hydroxylation is 3. The van der Waals surface area contributed by atoms with Crippen molar-refractivity contribution in [1.82, 2.24) is 14.3 Å². The van der Waals surface area contributed by atoms with Gasteiger partial charge in [0.1, 0.15) is 10.0 Å². The lowest BCUT2D eigenvalue weighted by Crippen LogP contribution is -2.49. The first kappa shape index (κ1) is 20.8. The molecule has 1 aromatic carbocycles. The van der Waals surface area contributed by atoms with E-state index < -0.39 is 10.0 Å². The van der Waals surface area contributed by atoms with Gasteiger partial charge in [-0.25, -0.2) is 13.4 Å². The lowest BCUT2D eigenvalue weighted by Gasteiger charge is -2.33. The van der Waals surface area contributed by atoms with Crippen molar-refractivity contribution in [3.05, 3.63) is 58.6 Å². The summed E-state index contributed by atoms with van der Waals surface area (Å²) in [5.41, 5.74) is 3.02. The quantitative estimate of drug-likeness (QED) is 0.648. The van der Waals surface area contributed by atoms with Gasteiger partial charge in [-0.05, 0) is 45.0 Å². The number of nitrogens with one attached hydrogen (secondary N) is 1. The summed E-state index contributed by atoms with van der Waals surface area (Å²) in [7, 11) is -3.44. The number of hydrogen-bond donors (Lipinski definition) is 1. The number of sulfonamides is 1. The van der Waals surface area contributed by atoms with Crippen molar-refractivity contribution in [2.75, 3.05) is 36.4 Å². The zero-order chi connectivity index (χ0) is 21.3. The van der Waals surface area contributed by atoms with Gasteiger partial charge < -0.3 is 10.2 Å². The molecule has 4 rings (SSSR count). The zero-order valence-corrected chi connectivity index (χ0v) is 18.9. The van der Waals surface area contributed by atoms with Gasteiger partial charge in [-0.15, -0.1) is 11.3 Å². The first-order valence-corrected chi connectivity index (χ1v) is 12.1. The molecule has 1 aliphatic rings. The third-order valence-electron chi connectivity index (χ3n) is 5.00. The van der Waals surface area contributed by atoms with Gasteiger partial charge in [0, 0.05) is 48.5 Å². The number of hydrogen-bond acceptors (Lipinski definition) is 7. The van der Waals surface area contributed by atoms with Gasteiger partial charge in [0.15, 0.2) is 0 Å². The third kappa shape index (κ3) is 4.48. The molecule has 1 N–H and O–H groups in total. The van der Waals surface area contributed by atoms with Crippen LogP contribution in [0.2, 0.25) is 0 Å². The van der Waals surface area contributed by atoms with Crippen LogP contribution < -0.4 is 10.2 Å². The van der Waals surface area contributed by atoms with Crippen LogP contribution in [-0.4, -0.2) is 48.9 Å². The molecular weight excluding hydrogens is 418 g/mol. The molecule has 0 bridgehead atoms. The van der Waals surface area contributed by atoms with E-state index >= 15 is 0 Å². The third-order valence-corrected chi connectivity index (χ3v) is 8.36. The molecule has 7 nitrogen and oxygen atoms in total. The molecule has 0 saturated carbocycles. The summed E-state index contributed by atoms with van der Waals surface area (Å²) < 4.78 is 27.7. The molecule has 0 radical (unpaired) electrons. The summed E-state index contributed by atoms with van der Waals surface area (Å²) in [6.45, 7) is 7.84. The van der Waals surface area contributed by atoms with Gasteiger partial charge in [-0.3, -0.25) is 0 Å². The van der Waals surface area contributed by atoms with Gasteiger partial charge >= 0.3 is 0 Å². The normalized spacial score (nSPS) is 15.4.